The Morgan fingerprint density at radius 2 is 2.20 bits per heavy atom. The zero-order chi connectivity index (χ0) is 11.5. The predicted octanol–water partition coefficient (Wildman–Crippen LogP) is 1.88. The van der Waals surface area contributed by atoms with Gasteiger partial charge >= 0.3 is 0 Å². The third-order valence-corrected chi connectivity index (χ3v) is 2.06. The fourth-order valence-corrected chi connectivity index (χ4v) is 1.25. The molecule has 0 aliphatic carbocycles. The molecule has 0 aliphatic rings. The van der Waals surface area contributed by atoms with Crippen LogP contribution in [-0.4, -0.2) is 24.6 Å². The maximum atomic E-state index is 13.0. The van der Waals surface area contributed by atoms with E-state index in [9.17, 15) is 8.78 Å². The van der Waals surface area contributed by atoms with E-state index in [1.807, 2.05) is 0 Å². The largest absolute Gasteiger partial charge is 0.481 e. The number of methoxy groups -OCH3 is 1. The van der Waals surface area contributed by atoms with Gasteiger partial charge in [-0.1, -0.05) is 17.7 Å². The Morgan fingerprint density at radius 3 is 2.73 bits per heavy atom. The monoisotopic (exact) mass is 236 g/mol. The number of hydrogen-bond acceptors (Lipinski definition) is 3. The number of rotatable bonds is 4. The van der Waals surface area contributed by atoms with Crippen LogP contribution < -0.4 is 10.5 Å². The molecule has 1 heterocycles. The quantitative estimate of drug-likeness (QED) is 0.812. The molecule has 0 radical (unpaired) electrons. The molecule has 0 fully saturated rings. The minimum Gasteiger partial charge on any atom is -0.481 e. The zero-order valence-electron chi connectivity index (χ0n) is 8.14. The van der Waals surface area contributed by atoms with Gasteiger partial charge in [-0.25, -0.2) is 13.8 Å². The van der Waals surface area contributed by atoms with Crippen LogP contribution in [0.15, 0.2) is 12.1 Å². The smallest absolute Gasteiger partial charge is 0.264 e. The van der Waals surface area contributed by atoms with Crippen molar-refractivity contribution in [3.05, 3.63) is 22.8 Å². The van der Waals surface area contributed by atoms with E-state index in [-0.39, 0.29) is 16.6 Å². The molecule has 0 aromatic carbocycles. The van der Waals surface area contributed by atoms with Gasteiger partial charge in [0.1, 0.15) is 5.15 Å². The first-order valence-electron chi connectivity index (χ1n) is 4.26. The van der Waals surface area contributed by atoms with Gasteiger partial charge in [-0.3, -0.25) is 0 Å². The lowest BCUT2D eigenvalue weighted by Crippen LogP contribution is -2.30. The normalized spacial score (nSPS) is 11.5. The summed E-state index contributed by atoms with van der Waals surface area (Å²) in [5, 5.41) is 0.201. The van der Waals surface area contributed by atoms with Gasteiger partial charge < -0.3 is 10.5 Å². The van der Waals surface area contributed by atoms with Gasteiger partial charge in [-0.2, -0.15) is 0 Å². The van der Waals surface area contributed by atoms with Gasteiger partial charge in [0.2, 0.25) is 5.88 Å². The van der Waals surface area contributed by atoms with Crippen LogP contribution in [0.5, 0.6) is 5.88 Å². The van der Waals surface area contributed by atoms with Crippen LogP contribution >= 0.6 is 11.6 Å². The van der Waals surface area contributed by atoms with Gasteiger partial charge in [0.25, 0.3) is 5.92 Å². The molecular formula is C9H11ClF2N2O. The van der Waals surface area contributed by atoms with E-state index in [1.54, 1.807) is 0 Å². The van der Waals surface area contributed by atoms with Crippen molar-refractivity contribution in [1.29, 1.82) is 0 Å². The molecule has 0 saturated carbocycles. The van der Waals surface area contributed by atoms with Crippen LogP contribution in [0.1, 0.15) is 5.56 Å². The lowest BCUT2D eigenvalue weighted by atomic mass is 10.1. The van der Waals surface area contributed by atoms with E-state index in [0.29, 0.717) is 0 Å². The van der Waals surface area contributed by atoms with E-state index >= 15 is 0 Å². The first-order valence-corrected chi connectivity index (χ1v) is 4.63. The third-order valence-electron chi connectivity index (χ3n) is 1.85. The number of alkyl halides is 2. The van der Waals surface area contributed by atoms with Gasteiger partial charge in [-0.05, 0) is 6.07 Å². The van der Waals surface area contributed by atoms with Crippen molar-refractivity contribution in [2.24, 2.45) is 5.73 Å². The molecule has 84 valence electrons. The SMILES string of the molecule is COc1nc(Cl)ccc1CC(F)(F)CN. The van der Waals surface area contributed by atoms with E-state index in [0.717, 1.165) is 0 Å². The van der Waals surface area contributed by atoms with Crippen LogP contribution in [-0.2, 0) is 6.42 Å². The van der Waals surface area contributed by atoms with Crippen LogP contribution in [0.4, 0.5) is 8.78 Å². The molecule has 0 unspecified atom stereocenters. The predicted molar refractivity (Wildman–Crippen MR) is 53.5 cm³/mol. The van der Waals surface area contributed by atoms with Crippen LogP contribution in [0, 0.1) is 0 Å². The molecule has 15 heavy (non-hydrogen) atoms. The molecule has 0 aliphatic heterocycles. The van der Waals surface area contributed by atoms with E-state index < -0.39 is 18.9 Å². The second-order valence-electron chi connectivity index (χ2n) is 3.04. The summed E-state index contributed by atoms with van der Waals surface area (Å²) in [7, 11) is 1.35. The summed E-state index contributed by atoms with van der Waals surface area (Å²) in [4.78, 5) is 3.78. The molecule has 0 atom stereocenters. The number of pyridine rings is 1. The van der Waals surface area contributed by atoms with Crippen LogP contribution in [0.3, 0.4) is 0 Å². The van der Waals surface area contributed by atoms with Gasteiger partial charge in [0.15, 0.2) is 0 Å². The lowest BCUT2D eigenvalue weighted by molar-refractivity contribution is 0.0108. The summed E-state index contributed by atoms with van der Waals surface area (Å²) in [6, 6.07) is 2.89. The summed E-state index contributed by atoms with van der Waals surface area (Å²) < 4.78 is 30.9. The number of nitrogens with two attached hydrogens (primary N) is 1. The van der Waals surface area contributed by atoms with Crippen molar-refractivity contribution in [2.45, 2.75) is 12.3 Å². The second kappa shape index (κ2) is 4.72. The van der Waals surface area contributed by atoms with Crippen molar-refractivity contribution in [2.75, 3.05) is 13.7 Å². The highest BCUT2D eigenvalue weighted by Crippen LogP contribution is 2.25. The molecule has 6 heteroatoms. The van der Waals surface area contributed by atoms with Crippen molar-refractivity contribution in [1.82, 2.24) is 4.98 Å². The van der Waals surface area contributed by atoms with E-state index in [1.165, 1.54) is 19.2 Å². The lowest BCUT2D eigenvalue weighted by Gasteiger charge is -2.15. The van der Waals surface area contributed by atoms with Gasteiger partial charge in [0, 0.05) is 12.0 Å². The highest BCUT2D eigenvalue weighted by Gasteiger charge is 2.28. The molecule has 0 bridgehead atoms. The Labute approximate surface area is 91.2 Å². The number of ether oxygens (including phenoxy) is 1. The number of halogens is 3. The summed E-state index contributed by atoms with van der Waals surface area (Å²) in [6.07, 6.45) is -0.503. The van der Waals surface area contributed by atoms with Crippen molar-refractivity contribution >= 4 is 11.6 Å². The highest BCUT2D eigenvalue weighted by atomic mass is 35.5. The Hall–Kier alpha value is -0.940. The summed E-state index contributed by atoms with van der Waals surface area (Å²) in [5.74, 6) is -2.85. The average molecular weight is 237 g/mol. The maximum Gasteiger partial charge on any atom is 0.264 e. The molecule has 1 rings (SSSR count). The molecule has 0 saturated heterocycles. The standard InChI is InChI=1S/C9H11ClF2N2O/c1-15-8-6(2-3-7(10)14-8)4-9(11,12)5-13/h2-3H,4-5,13H2,1H3. The van der Waals surface area contributed by atoms with Gasteiger partial charge in [-0.15, -0.1) is 0 Å². The van der Waals surface area contributed by atoms with E-state index in [4.69, 9.17) is 22.1 Å². The molecule has 0 spiro atoms. The van der Waals surface area contributed by atoms with Crippen molar-refractivity contribution < 1.29 is 13.5 Å². The number of aromatic nitrogens is 1. The fraction of sp³-hybridized carbons (Fsp3) is 0.444. The van der Waals surface area contributed by atoms with Crippen LogP contribution in [0.2, 0.25) is 5.15 Å². The Balaban J connectivity index is 2.94. The maximum absolute atomic E-state index is 13.0. The van der Waals surface area contributed by atoms with Crippen LogP contribution in [0.25, 0.3) is 0 Å². The molecular weight excluding hydrogens is 226 g/mol. The molecule has 0 amide bonds. The number of nitrogens with zero attached hydrogens (tertiary/aromatic N) is 1. The van der Waals surface area contributed by atoms with Crippen molar-refractivity contribution in [3.63, 3.8) is 0 Å². The molecule has 1 aromatic rings. The number of hydrogen-bond donors (Lipinski definition) is 1. The fourth-order valence-electron chi connectivity index (χ4n) is 1.11. The average Bonchev–Trinajstić information content (AvgIpc) is 2.20. The molecule has 2 N–H and O–H groups in total. The third kappa shape index (κ3) is 3.28. The minimum atomic E-state index is -2.96. The Kier molecular flexibility index (Phi) is 3.82. The highest BCUT2D eigenvalue weighted by molar-refractivity contribution is 6.29. The first kappa shape index (κ1) is 12.1. The Bertz CT molecular complexity index is 347. The van der Waals surface area contributed by atoms with E-state index in [2.05, 4.69) is 4.98 Å². The summed E-state index contributed by atoms with van der Waals surface area (Å²) in [5.41, 5.74) is 5.23. The Morgan fingerprint density at radius 1 is 1.53 bits per heavy atom. The minimum absolute atomic E-state index is 0.107. The van der Waals surface area contributed by atoms with Gasteiger partial charge in [0.05, 0.1) is 13.7 Å². The first-order chi connectivity index (χ1) is 6.98. The van der Waals surface area contributed by atoms with Crippen molar-refractivity contribution in [3.8, 4) is 5.88 Å². The summed E-state index contributed by atoms with van der Waals surface area (Å²) in [6.45, 7) is -0.710. The topological polar surface area (TPSA) is 48.1 Å². The zero-order valence-corrected chi connectivity index (χ0v) is 8.89. The molecule has 1 aromatic heterocycles. The summed E-state index contributed by atoms with van der Waals surface area (Å²) >= 11 is 5.60. The molecule has 3 nitrogen and oxygen atoms in total. The second-order valence-corrected chi connectivity index (χ2v) is 3.43.